The van der Waals surface area contributed by atoms with Crippen LogP contribution in [0.1, 0.15) is 13.3 Å². The Morgan fingerprint density at radius 2 is 2.43 bits per heavy atom. The van der Waals surface area contributed by atoms with Crippen LogP contribution in [0, 0.1) is 0 Å². The predicted molar refractivity (Wildman–Crippen MR) is 64.5 cm³/mol. The number of hydrogen-bond donors (Lipinski definition) is 2. The molecule has 0 saturated heterocycles. The van der Waals surface area contributed by atoms with Crippen LogP contribution in [0.25, 0.3) is 0 Å². The second-order valence-electron chi connectivity index (χ2n) is 2.81. The third kappa shape index (κ3) is 1.99. The quantitative estimate of drug-likeness (QED) is 0.788. The minimum atomic E-state index is 0.767. The van der Waals surface area contributed by atoms with Crippen molar-refractivity contribution in [2.75, 3.05) is 11.9 Å². The molecule has 0 saturated carbocycles. The van der Waals surface area contributed by atoms with Gasteiger partial charge in [0.05, 0.1) is 10.7 Å². The largest absolute Gasteiger partial charge is 0.323 e. The number of nitrogens with one attached hydrogen (secondary N) is 2. The van der Waals surface area contributed by atoms with Crippen LogP contribution in [0.4, 0.5) is 5.69 Å². The lowest BCUT2D eigenvalue weighted by Gasteiger charge is -2.17. The van der Waals surface area contributed by atoms with Gasteiger partial charge in [0.15, 0.2) is 0 Å². The lowest BCUT2D eigenvalue weighted by Crippen LogP contribution is -2.28. The molecule has 1 aromatic heterocycles. The first kappa shape index (κ1) is 10.1. The van der Waals surface area contributed by atoms with Gasteiger partial charge in [-0.05, 0) is 6.42 Å². The Bertz CT molecular complexity index is 361. The molecule has 2 rings (SSSR count). The van der Waals surface area contributed by atoms with E-state index in [1.165, 1.54) is 0 Å². The van der Waals surface area contributed by atoms with Gasteiger partial charge in [0, 0.05) is 23.9 Å². The summed E-state index contributed by atoms with van der Waals surface area (Å²) in [4.78, 5) is 4.34. The number of aliphatic imine (C=N–C) groups is 1. The average Bonchev–Trinajstić information content (AvgIpc) is 2.57. The van der Waals surface area contributed by atoms with Gasteiger partial charge in [0.1, 0.15) is 4.21 Å². The zero-order valence-electron chi connectivity index (χ0n) is 7.63. The van der Waals surface area contributed by atoms with Crippen molar-refractivity contribution in [2.45, 2.75) is 17.6 Å². The standard InChI is InChI=1S/C8H10ClN3S2/c1-2-3-10-8-11-6-5(9)4-13-7(6)14-12-8/h4H,2-3H2,1H3,(H2,10,11,12). The first-order chi connectivity index (χ1) is 6.81. The van der Waals surface area contributed by atoms with E-state index in [-0.39, 0.29) is 0 Å². The summed E-state index contributed by atoms with van der Waals surface area (Å²) in [5.41, 5.74) is 0.982. The Morgan fingerprint density at radius 1 is 1.57 bits per heavy atom. The molecular weight excluding hydrogens is 238 g/mol. The third-order valence-electron chi connectivity index (χ3n) is 1.69. The number of guanidine groups is 1. The second-order valence-corrected chi connectivity index (χ2v) is 5.17. The van der Waals surface area contributed by atoms with E-state index in [0.717, 1.165) is 33.8 Å². The lowest BCUT2D eigenvalue weighted by atomic mass is 10.5. The molecule has 2 heterocycles. The van der Waals surface area contributed by atoms with E-state index in [2.05, 4.69) is 22.0 Å². The third-order valence-corrected chi connectivity index (χ3v) is 4.11. The van der Waals surface area contributed by atoms with E-state index in [1.54, 1.807) is 23.3 Å². The van der Waals surface area contributed by atoms with Crippen molar-refractivity contribution in [3.63, 3.8) is 0 Å². The smallest absolute Gasteiger partial charge is 0.206 e. The zero-order valence-corrected chi connectivity index (χ0v) is 10.0. The van der Waals surface area contributed by atoms with Gasteiger partial charge in [-0.1, -0.05) is 18.5 Å². The van der Waals surface area contributed by atoms with Crippen molar-refractivity contribution >= 4 is 46.5 Å². The highest BCUT2D eigenvalue weighted by atomic mass is 35.5. The molecule has 3 nitrogen and oxygen atoms in total. The topological polar surface area (TPSA) is 36.4 Å². The molecule has 14 heavy (non-hydrogen) atoms. The van der Waals surface area contributed by atoms with Gasteiger partial charge in [-0.15, -0.1) is 11.3 Å². The number of hydrogen-bond acceptors (Lipinski definition) is 3. The van der Waals surface area contributed by atoms with Crippen molar-refractivity contribution in [1.29, 1.82) is 0 Å². The molecule has 0 spiro atoms. The van der Waals surface area contributed by atoms with E-state index in [0.29, 0.717) is 0 Å². The van der Waals surface area contributed by atoms with Crippen molar-refractivity contribution in [1.82, 2.24) is 4.72 Å². The van der Waals surface area contributed by atoms with Crippen LogP contribution < -0.4 is 10.0 Å². The molecule has 0 amide bonds. The fraction of sp³-hybridized carbons (Fsp3) is 0.375. The summed E-state index contributed by atoms with van der Waals surface area (Å²) >= 11 is 9.20. The van der Waals surface area contributed by atoms with E-state index in [1.807, 2.05) is 5.38 Å². The normalized spacial score (nSPS) is 17.4. The average molecular weight is 248 g/mol. The van der Waals surface area contributed by atoms with Gasteiger partial charge >= 0.3 is 0 Å². The van der Waals surface area contributed by atoms with Gasteiger partial charge in [-0.25, -0.2) is 0 Å². The van der Waals surface area contributed by atoms with Crippen LogP contribution in [-0.2, 0) is 0 Å². The number of halogens is 1. The SMILES string of the molecule is CCCN=C1NSc2scc(Cl)c2N1. The summed E-state index contributed by atoms with van der Waals surface area (Å²) in [5, 5.41) is 5.87. The molecule has 0 aliphatic carbocycles. The summed E-state index contributed by atoms with van der Waals surface area (Å²) < 4.78 is 4.29. The Kier molecular flexibility index (Phi) is 3.20. The van der Waals surface area contributed by atoms with Gasteiger partial charge in [-0.2, -0.15) is 0 Å². The van der Waals surface area contributed by atoms with E-state index in [9.17, 15) is 0 Å². The number of fused-ring (bicyclic) bond motifs is 1. The molecule has 0 radical (unpaired) electrons. The van der Waals surface area contributed by atoms with E-state index < -0.39 is 0 Å². The Hall–Kier alpha value is -0.390. The van der Waals surface area contributed by atoms with E-state index >= 15 is 0 Å². The molecule has 1 aromatic rings. The number of nitrogens with zero attached hydrogens (tertiary/aromatic N) is 1. The molecule has 0 atom stereocenters. The van der Waals surface area contributed by atoms with Crippen LogP contribution in [0.2, 0.25) is 5.02 Å². The molecule has 1 aliphatic rings. The molecule has 0 bridgehead atoms. The van der Waals surface area contributed by atoms with Gasteiger partial charge in [0.2, 0.25) is 5.96 Å². The van der Waals surface area contributed by atoms with Gasteiger partial charge in [-0.3, -0.25) is 9.71 Å². The maximum atomic E-state index is 6.01. The fourth-order valence-electron chi connectivity index (χ4n) is 1.04. The Morgan fingerprint density at radius 3 is 3.21 bits per heavy atom. The zero-order chi connectivity index (χ0) is 9.97. The minimum Gasteiger partial charge on any atom is -0.323 e. The molecule has 6 heteroatoms. The highest BCUT2D eigenvalue weighted by molar-refractivity contribution is 8.00. The first-order valence-corrected chi connectivity index (χ1v) is 6.40. The Balaban J connectivity index is 2.16. The van der Waals surface area contributed by atoms with Crippen molar-refractivity contribution in [3.8, 4) is 0 Å². The van der Waals surface area contributed by atoms with E-state index in [4.69, 9.17) is 11.6 Å². The van der Waals surface area contributed by atoms with Crippen LogP contribution in [0.5, 0.6) is 0 Å². The molecule has 2 N–H and O–H groups in total. The summed E-state index contributed by atoms with van der Waals surface area (Å²) in [7, 11) is 0. The summed E-state index contributed by atoms with van der Waals surface area (Å²) in [6.07, 6.45) is 1.04. The number of rotatable bonds is 2. The molecule has 1 aliphatic heterocycles. The second kappa shape index (κ2) is 4.42. The Labute approximate surface area is 96.1 Å². The predicted octanol–water partition coefficient (Wildman–Crippen LogP) is 3.19. The highest BCUT2D eigenvalue weighted by Gasteiger charge is 2.18. The molecule has 76 valence electrons. The van der Waals surface area contributed by atoms with Gasteiger partial charge < -0.3 is 5.32 Å². The molecule has 0 aromatic carbocycles. The van der Waals surface area contributed by atoms with Crippen LogP contribution in [0.15, 0.2) is 14.6 Å². The fourth-order valence-corrected chi connectivity index (χ4v) is 3.06. The summed E-state index contributed by atoms with van der Waals surface area (Å²) in [6.45, 7) is 2.93. The van der Waals surface area contributed by atoms with Crippen LogP contribution in [0.3, 0.4) is 0 Å². The maximum Gasteiger partial charge on any atom is 0.206 e. The summed E-state index contributed by atoms with van der Waals surface area (Å²) in [6, 6.07) is 0. The number of thiophene rings is 1. The van der Waals surface area contributed by atoms with Crippen molar-refractivity contribution < 1.29 is 0 Å². The maximum absolute atomic E-state index is 6.01. The highest BCUT2D eigenvalue weighted by Crippen LogP contribution is 2.40. The molecular formula is C8H10ClN3S2. The van der Waals surface area contributed by atoms with Crippen LogP contribution in [-0.4, -0.2) is 12.5 Å². The first-order valence-electron chi connectivity index (χ1n) is 4.32. The van der Waals surface area contributed by atoms with Crippen molar-refractivity contribution in [3.05, 3.63) is 10.4 Å². The van der Waals surface area contributed by atoms with Crippen LogP contribution >= 0.6 is 34.9 Å². The monoisotopic (exact) mass is 247 g/mol. The van der Waals surface area contributed by atoms with Crippen molar-refractivity contribution in [2.24, 2.45) is 4.99 Å². The summed E-state index contributed by atoms with van der Waals surface area (Å²) in [5.74, 6) is 0.796. The minimum absolute atomic E-state index is 0.767. The lowest BCUT2D eigenvalue weighted by molar-refractivity contribution is 0.926. The molecule has 0 fully saturated rings. The molecule has 0 unspecified atom stereocenters. The van der Waals surface area contributed by atoms with Gasteiger partial charge in [0.25, 0.3) is 0 Å². The number of anilines is 1.